The van der Waals surface area contributed by atoms with Gasteiger partial charge in [0.1, 0.15) is 5.25 Å². The van der Waals surface area contributed by atoms with Crippen LogP contribution in [0.15, 0.2) is 23.1 Å². The van der Waals surface area contributed by atoms with E-state index in [1.54, 1.807) is 12.1 Å². The maximum atomic E-state index is 11.9. The molecular formula is C11H14N2OS. The zero-order valence-electron chi connectivity index (χ0n) is 8.86. The molecule has 0 bridgehead atoms. The minimum Gasteiger partial charge on any atom is -0.398 e. The SMILES string of the molecule is CCC(C#N)S(=O)c1ccc(C)cc1N. The summed E-state index contributed by atoms with van der Waals surface area (Å²) in [5, 5.41) is 8.34. The Morgan fingerprint density at radius 3 is 2.73 bits per heavy atom. The van der Waals surface area contributed by atoms with Crippen LogP contribution < -0.4 is 5.73 Å². The van der Waals surface area contributed by atoms with Gasteiger partial charge in [-0.25, -0.2) is 0 Å². The van der Waals surface area contributed by atoms with E-state index in [2.05, 4.69) is 0 Å². The molecule has 2 N–H and O–H groups in total. The summed E-state index contributed by atoms with van der Waals surface area (Å²) in [5.74, 6) is 0. The zero-order valence-corrected chi connectivity index (χ0v) is 9.67. The Morgan fingerprint density at radius 2 is 2.27 bits per heavy atom. The van der Waals surface area contributed by atoms with Gasteiger partial charge in [0.2, 0.25) is 0 Å². The van der Waals surface area contributed by atoms with Crippen LogP contribution in [0.2, 0.25) is 0 Å². The number of nitrogen functional groups attached to an aromatic ring is 1. The van der Waals surface area contributed by atoms with E-state index in [1.807, 2.05) is 26.0 Å². The molecule has 3 nitrogen and oxygen atoms in total. The molecule has 0 aromatic heterocycles. The highest BCUT2D eigenvalue weighted by Gasteiger charge is 2.17. The number of hydrogen-bond donors (Lipinski definition) is 1. The zero-order chi connectivity index (χ0) is 11.4. The predicted molar refractivity (Wildman–Crippen MR) is 61.7 cm³/mol. The number of nitrogens with two attached hydrogens (primary N) is 1. The molecule has 1 aromatic rings. The summed E-state index contributed by atoms with van der Waals surface area (Å²) in [7, 11) is -1.33. The molecule has 1 rings (SSSR count). The van der Waals surface area contributed by atoms with Crippen LogP contribution in [0.1, 0.15) is 18.9 Å². The molecule has 0 spiro atoms. The van der Waals surface area contributed by atoms with Crippen LogP contribution in [0.25, 0.3) is 0 Å². The first-order valence-electron chi connectivity index (χ1n) is 4.76. The first-order chi connectivity index (χ1) is 7.10. The van der Waals surface area contributed by atoms with Crippen LogP contribution in [-0.2, 0) is 10.8 Å². The molecule has 0 aliphatic carbocycles. The summed E-state index contributed by atoms with van der Waals surface area (Å²) in [4.78, 5) is 0.564. The van der Waals surface area contributed by atoms with Gasteiger partial charge in [-0.05, 0) is 31.0 Å². The van der Waals surface area contributed by atoms with Crippen LogP contribution in [0.4, 0.5) is 5.69 Å². The molecule has 2 atom stereocenters. The van der Waals surface area contributed by atoms with Gasteiger partial charge in [-0.2, -0.15) is 5.26 Å². The molecule has 0 saturated heterocycles. The van der Waals surface area contributed by atoms with Crippen molar-refractivity contribution in [2.45, 2.75) is 30.4 Å². The van der Waals surface area contributed by atoms with Crippen molar-refractivity contribution in [3.63, 3.8) is 0 Å². The maximum absolute atomic E-state index is 11.9. The largest absolute Gasteiger partial charge is 0.398 e. The lowest BCUT2D eigenvalue weighted by atomic mass is 10.2. The maximum Gasteiger partial charge on any atom is 0.126 e. The highest BCUT2D eigenvalue weighted by atomic mass is 32.2. The number of hydrogen-bond acceptors (Lipinski definition) is 3. The average Bonchev–Trinajstić information content (AvgIpc) is 2.19. The van der Waals surface area contributed by atoms with E-state index >= 15 is 0 Å². The van der Waals surface area contributed by atoms with E-state index in [0.29, 0.717) is 17.0 Å². The summed E-state index contributed by atoms with van der Waals surface area (Å²) in [6.07, 6.45) is 0.566. The van der Waals surface area contributed by atoms with Gasteiger partial charge in [0.15, 0.2) is 0 Å². The van der Waals surface area contributed by atoms with E-state index in [9.17, 15) is 4.21 Å². The van der Waals surface area contributed by atoms with Crippen LogP contribution in [-0.4, -0.2) is 9.46 Å². The van der Waals surface area contributed by atoms with Crippen molar-refractivity contribution in [2.75, 3.05) is 5.73 Å². The Bertz CT molecular complexity index is 423. The molecule has 0 aliphatic heterocycles. The fourth-order valence-corrected chi connectivity index (χ4v) is 2.49. The monoisotopic (exact) mass is 222 g/mol. The highest BCUT2D eigenvalue weighted by Crippen LogP contribution is 2.21. The predicted octanol–water partition coefficient (Wildman–Crippen LogP) is 1.99. The smallest absolute Gasteiger partial charge is 0.126 e. The lowest BCUT2D eigenvalue weighted by Crippen LogP contribution is -2.13. The normalized spacial score (nSPS) is 14.2. The first kappa shape index (κ1) is 11.7. The number of nitriles is 1. The van der Waals surface area contributed by atoms with Crippen LogP contribution in [0, 0.1) is 18.3 Å². The molecule has 0 saturated carbocycles. The molecule has 2 unspecified atom stereocenters. The third-order valence-corrected chi connectivity index (χ3v) is 3.92. The lowest BCUT2D eigenvalue weighted by Gasteiger charge is -2.09. The topological polar surface area (TPSA) is 66.9 Å². The second-order valence-corrected chi connectivity index (χ2v) is 4.97. The minimum absolute atomic E-state index is 0.477. The quantitative estimate of drug-likeness (QED) is 0.795. The third kappa shape index (κ3) is 2.57. The van der Waals surface area contributed by atoms with Gasteiger partial charge in [-0.15, -0.1) is 0 Å². The molecule has 0 aliphatic rings. The Labute approximate surface area is 92.4 Å². The van der Waals surface area contributed by atoms with Crippen molar-refractivity contribution < 1.29 is 4.21 Å². The van der Waals surface area contributed by atoms with Crippen molar-refractivity contribution >= 4 is 16.5 Å². The van der Waals surface area contributed by atoms with Crippen LogP contribution in [0.5, 0.6) is 0 Å². The number of anilines is 1. The summed E-state index contributed by atoms with van der Waals surface area (Å²) in [5.41, 5.74) is 7.30. The Morgan fingerprint density at radius 1 is 1.60 bits per heavy atom. The summed E-state index contributed by atoms with van der Waals surface area (Å²) < 4.78 is 11.9. The van der Waals surface area contributed by atoms with Crippen LogP contribution in [0.3, 0.4) is 0 Å². The van der Waals surface area contributed by atoms with E-state index in [-0.39, 0.29) is 0 Å². The van der Waals surface area contributed by atoms with E-state index in [0.717, 1.165) is 5.56 Å². The molecule has 0 fully saturated rings. The summed E-state index contributed by atoms with van der Waals surface area (Å²) in [6, 6.07) is 7.40. The standard InChI is InChI=1S/C11H14N2OS/c1-3-9(7-12)15(14)11-5-4-8(2)6-10(11)13/h4-6,9H,3,13H2,1-2H3. The van der Waals surface area contributed by atoms with E-state index in [4.69, 9.17) is 11.0 Å². The van der Waals surface area contributed by atoms with Crippen molar-refractivity contribution in [1.29, 1.82) is 5.26 Å². The number of rotatable bonds is 3. The van der Waals surface area contributed by atoms with Crippen molar-refractivity contribution in [2.24, 2.45) is 0 Å². The highest BCUT2D eigenvalue weighted by molar-refractivity contribution is 7.86. The Kier molecular flexibility index (Phi) is 3.87. The molecule has 4 heteroatoms. The lowest BCUT2D eigenvalue weighted by molar-refractivity contribution is 0.676. The van der Waals surface area contributed by atoms with Gasteiger partial charge in [-0.1, -0.05) is 13.0 Å². The number of nitrogens with zero attached hydrogens (tertiary/aromatic N) is 1. The fourth-order valence-electron chi connectivity index (χ4n) is 1.29. The Balaban J connectivity index is 3.07. The third-order valence-electron chi connectivity index (χ3n) is 2.16. The van der Waals surface area contributed by atoms with Gasteiger partial charge in [-0.3, -0.25) is 4.21 Å². The van der Waals surface area contributed by atoms with E-state index in [1.165, 1.54) is 0 Å². The van der Waals surface area contributed by atoms with Gasteiger partial charge in [0.05, 0.1) is 21.8 Å². The molecule has 80 valence electrons. The van der Waals surface area contributed by atoms with Crippen molar-refractivity contribution in [3.05, 3.63) is 23.8 Å². The van der Waals surface area contributed by atoms with Gasteiger partial charge in [0, 0.05) is 5.69 Å². The van der Waals surface area contributed by atoms with Crippen LogP contribution >= 0.6 is 0 Å². The molecule has 0 amide bonds. The first-order valence-corrected chi connectivity index (χ1v) is 5.97. The minimum atomic E-state index is -1.33. The fraction of sp³-hybridized carbons (Fsp3) is 0.364. The molecule has 0 radical (unpaired) electrons. The second-order valence-electron chi connectivity index (χ2n) is 3.36. The second kappa shape index (κ2) is 4.94. The van der Waals surface area contributed by atoms with Gasteiger partial charge in [0.25, 0.3) is 0 Å². The molecular weight excluding hydrogens is 208 g/mol. The summed E-state index contributed by atoms with van der Waals surface area (Å²) in [6.45, 7) is 3.76. The molecule has 1 aromatic carbocycles. The number of aryl methyl sites for hydroxylation is 1. The van der Waals surface area contributed by atoms with Gasteiger partial charge >= 0.3 is 0 Å². The molecule has 0 heterocycles. The van der Waals surface area contributed by atoms with Gasteiger partial charge < -0.3 is 5.73 Å². The van der Waals surface area contributed by atoms with E-state index < -0.39 is 16.0 Å². The molecule has 15 heavy (non-hydrogen) atoms. The Hall–Kier alpha value is -1.34. The number of benzene rings is 1. The average molecular weight is 222 g/mol. The van der Waals surface area contributed by atoms with Crippen molar-refractivity contribution in [3.8, 4) is 6.07 Å². The van der Waals surface area contributed by atoms with Crippen molar-refractivity contribution in [1.82, 2.24) is 0 Å². The summed E-state index contributed by atoms with van der Waals surface area (Å²) >= 11 is 0.